The number of carbonyl (C=O) groups is 1. The maximum atomic E-state index is 14.6. The lowest BCUT2D eigenvalue weighted by atomic mass is 10.2. The number of esters is 1. The molecule has 0 aliphatic carbocycles. The Morgan fingerprint density at radius 1 is 1.14 bits per heavy atom. The molecule has 2 aromatic carbocycles. The first-order valence-corrected chi connectivity index (χ1v) is 11.0. The van der Waals surface area contributed by atoms with Gasteiger partial charge in [-0.3, -0.25) is 9.36 Å². The second-order valence-electron chi connectivity index (χ2n) is 7.31. The Hall–Kier alpha value is -4.45. The van der Waals surface area contributed by atoms with Gasteiger partial charge in [-0.2, -0.15) is 4.98 Å². The van der Waals surface area contributed by atoms with Gasteiger partial charge in [0.1, 0.15) is 12.8 Å². The van der Waals surface area contributed by atoms with Gasteiger partial charge < -0.3 is 19.3 Å². The van der Waals surface area contributed by atoms with Crippen LogP contribution in [-0.2, 0) is 22.6 Å². The van der Waals surface area contributed by atoms with Gasteiger partial charge in [-0.15, -0.1) is 0 Å². The van der Waals surface area contributed by atoms with Crippen molar-refractivity contribution in [3.63, 3.8) is 0 Å². The summed E-state index contributed by atoms with van der Waals surface area (Å²) in [4.78, 5) is 41.7. The molecule has 1 N–H and O–H groups in total. The van der Waals surface area contributed by atoms with Crippen molar-refractivity contribution < 1.29 is 23.2 Å². The lowest BCUT2D eigenvalue weighted by Crippen LogP contribution is -2.44. The highest BCUT2D eigenvalue weighted by Gasteiger charge is 2.17. The van der Waals surface area contributed by atoms with E-state index in [-0.39, 0.29) is 36.4 Å². The average molecular weight is 516 g/mol. The number of rotatable bonds is 9. The van der Waals surface area contributed by atoms with Gasteiger partial charge in [0.05, 0.1) is 13.2 Å². The number of hydrogen-bond donors (Lipinski definition) is 1. The highest BCUT2D eigenvalue weighted by atomic mass is 35.5. The standard InChI is InChI=1S/C23H19ClFN5O6/c1-2-34-20(31)13-30-22(32)27-21(29(23(30)33)12-14-3-5-15(24)6-4-14)26-16-7-8-18(17(25)11-16)36-19-9-10-35-28-19/h3-11H,2,12-13H2,1H3,(H,26,27,32). The first-order chi connectivity index (χ1) is 17.3. The third-order valence-electron chi connectivity index (χ3n) is 4.81. The molecule has 0 atom stereocenters. The molecule has 0 unspecified atom stereocenters. The van der Waals surface area contributed by atoms with Crippen LogP contribution in [0.2, 0.25) is 5.02 Å². The molecule has 4 aromatic rings. The van der Waals surface area contributed by atoms with E-state index in [9.17, 15) is 18.8 Å². The quantitative estimate of drug-likeness (QED) is 0.333. The van der Waals surface area contributed by atoms with Crippen LogP contribution in [0.4, 0.5) is 16.0 Å². The molecule has 0 saturated heterocycles. The Bertz CT molecular complexity index is 1480. The van der Waals surface area contributed by atoms with Crippen LogP contribution in [0.3, 0.4) is 0 Å². The zero-order valence-electron chi connectivity index (χ0n) is 18.8. The Kier molecular flexibility index (Phi) is 7.44. The van der Waals surface area contributed by atoms with Crippen molar-refractivity contribution in [2.75, 3.05) is 11.9 Å². The molecule has 36 heavy (non-hydrogen) atoms. The Morgan fingerprint density at radius 2 is 1.92 bits per heavy atom. The Labute approximate surface area is 207 Å². The molecule has 0 fully saturated rings. The van der Waals surface area contributed by atoms with Crippen molar-refractivity contribution in [3.8, 4) is 11.6 Å². The van der Waals surface area contributed by atoms with Crippen LogP contribution in [0.25, 0.3) is 0 Å². The summed E-state index contributed by atoms with van der Waals surface area (Å²) in [5.41, 5.74) is -0.948. The Balaban J connectivity index is 1.69. The first kappa shape index (κ1) is 24.7. The van der Waals surface area contributed by atoms with Crippen molar-refractivity contribution >= 4 is 29.2 Å². The number of aromatic nitrogens is 4. The lowest BCUT2D eigenvalue weighted by Gasteiger charge is -2.16. The van der Waals surface area contributed by atoms with Gasteiger partial charge in [0, 0.05) is 22.8 Å². The summed E-state index contributed by atoms with van der Waals surface area (Å²) in [6.07, 6.45) is 1.28. The monoisotopic (exact) mass is 515 g/mol. The molecule has 13 heteroatoms. The van der Waals surface area contributed by atoms with Crippen LogP contribution < -0.4 is 21.4 Å². The molecule has 0 radical (unpaired) electrons. The minimum Gasteiger partial charge on any atom is -0.465 e. The van der Waals surface area contributed by atoms with Gasteiger partial charge in [0.25, 0.3) is 5.88 Å². The molecule has 0 aliphatic rings. The van der Waals surface area contributed by atoms with Crippen LogP contribution in [-0.4, -0.2) is 31.9 Å². The number of ether oxygens (including phenoxy) is 2. The topological polar surface area (TPSA) is 130 Å². The number of benzene rings is 2. The van der Waals surface area contributed by atoms with E-state index in [2.05, 4.69) is 20.0 Å². The predicted molar refractivity (Wildman–Crippen MR) is 126 cm³/mol. The molecule has 2 aromatic heterocycles. The molecule has 186 valence electrons. The lowest BCUT2D eigenvalue weighted by molar-refractivity contribution is -0.144. The van der Waals surface area contributed by atoms with Gasteiger partial charge in [0.15, 0.2) is 11.6 Å². The molecule has 0 aliphatic heterocycles. The van der Waals surface area contributed by atoms with Crippen LogP contribution in [0, 0.1) is 5.82 Å². The van der Waals surface area contributed by atoms with Crippen molar-refractivity contribution in [1.82, 2.24) is 19.3 Å². The average Bonchev–Trinajstić information content (AvgIpc) is 3.36. The predicted octanol–water partition coefficient (Wildman–Crippen LogP) is 3.33. The maximum Gasteiger partial charge on any atom is 0.355 e. The van der Waals surface area contributed by atoms with E-state index >= 15 is 0 Å². The van der Waals surface area contributed by atoms with E-state index < -0.39 is 29.7 Å². The fourth-order valence-electron chi connectivity index (χ4n) is 3.17. The number of nitrogens with zero attached hydrogens (tertiary/aromatic N) is 4. The Morgan fingerprint density at radius 3 is 2.58 bits per heavy atom. The zero-order chi connectivity index (χ0) is 25.7. The fourth-order valence-corrected chi connectivity index (χ4v) is 3.29. The number of halogens is 2. The van der Waals surface area contributed by atoms with E-state index in [1.807, 2.05) is 0 Å². The normalized spacial score (nSPS) is 10.8. The molecule has 0 amide bonds. The third kappa shape index (κ3) is 5.78. The molecule has 0 saturated carbocycles. The van der Waals surface area contributed by atoms with Crippen molar-refractivity contribution in [2.45, 2.75) is 20.0 Å². The number of carbonyl (C=O) groups excluding carboxylic acids is 1. The second-order valence-corrected chi connectivity index (χ2v) is 7.75. The summed E-state index contributed by atoms with van der Waals surface area (Å²) in [6, 6.07) is 12.0. The van der Waals surface area contributed by atoms with Gasteiger partial charge in [-0.05, 0) is 41.9 Å². The molecule has 4 rings (SSSR count). The molecule has 0 spiro atoms. The van der Waals surface area contributed by atoms with Gasteiger partial charge in [-0.1, -0.05) is 23.7 Å². The molecule has 0 bridgehead atoms. The SMILES string of the molecule is CCOC(=O)Cn1c(=O)nc(Nc2ccc(Oc3ccon3)c(F)c2)n(Cc2ccc(Cl)cc2)c1=O. The van der Waals surface area contributed by atoms with E-state index in [0.29, 0.717) is 15.2 Å². The van der Waals surface area contributed by atoms with Crippen molar-refractivity contribution in [1.29, 1.82) is 0 Å². The van der Waals surface area contributed by atoms with Crippen LogP contribution in [0.15, 0.2) is 68.9 Å². The van der Waals surface area contributed by atoms with Crippen LogP contribution >= 0.6 is 11.6 Å². The first-order valence-electron chi connectivity index (χ1n) is 10.6. The number of hydrogen-bond acceptors (Lipinski definition) is 9. The highest BCUT2D eigenvalue weighted by Crippen LogP contribution is 2.26. The second kappa shape index (κ2) is 10.9. The van der Waals surface area contributed by atoms with Gasteiger partial charge in [0.2, 0.25) is 5.95 Å². The maximum absolute atomic E-state index is 14.6. The van der Waals surface area contributed by atoms with E-state index in [0.717, 1.165) is 10.6 Å². The minimum absolute atomic E-state index is 0.0235. The summed E-state index contributed by atoms with van der Waals surface area (Å²) < 4.78 is 31.2. The zero-order valence-corrected chi connectivity index (χ0v) is 19.6. The van der Waals surface area contributed by atoms with Crippen molar-refractivity contribution in [2.24, 2.45) is 0 Å². The van der Waals surface area contributed by atoms with E-state index in [4.69, 9.17) is 21.1 Å². The van der Waals surface area contributed by atoms with E-state index in [1.165, 1.54) is 24.5 Å². The molecule has 2 heterocycles. The fraction of sp³-hybridized carbons (Fsp3) is 0.174. The smallest absolute Gasteiger partial charge is 0.355 e. The summed E-state index contributed by atoms with van der Waals surface area (Å²) >= 11 is 5.94. The van der Waals surface area contributed by atoms with Crippen LogP contribution in [0.1, 0.15) is 12.5 Å². The summed E-state index contributed by atoms with van der Waals surface area (Å²) in [6.45, 7) is 1.06. The largest absolute Gasteiger partial charge is 0.465 e. The summed E-state index contributed by atoms with van der Waals surface area (Å²) in [7, 11) is 0. The number of nitrogens with one attached hydrogen (secondary N) is 1. The van der Waals surface area contributed by atoms with E-state index in [1.54, 1.807) is 31.2 Å². The van der Waals surface area contributed by atoms with Crippen molar-refractivity contribution in [3.05, 3.63) is 92.2 Å². The number of anilines is 2. The molecular formula is C23H19ClFN5O6. The molecular weight excluding hydrogens is 497 g/mol. The van der Waals surface area contributed by atoms with Crippen LogP contribution in [0.5, 0.6) is 11.6 Å². The third-order valence-corrected chi connectivity index (χ3v) is 5.07. The summed E-state index contributed by atoms with van der Waals surface area (Å²) in [5, 5.41) is 6.84. The summed E-state index contributed by atoms with van der Waals surface area (Å²) in [5.74, 6) is -1.72. The molecule has 11 nitrogen and oxygen atoms in total. The highest BCUT2D eigenvalue weighted by molar-refractivity contribution is 6.30. The minimum atomic E-state index is -0.977. The van der Waals surface area contributed by atoms with Gasteiger partial charge >= 0.3 is 17.3 Å². The van der Waals surface area contributed by atoms with Gasteiger partial charge in [-0.25, -0.2) is 18.5 Å².